The quantitative estimate of drug-likeness (QED) is 0.683. The molecule has 2 N–H and O–H groups in total. The van der Waals surface area contributed by atoms with E-state index in [0.29, 0.717) is 17.0 Å². The molecule has 4 heteroatoms. The van der Waals surface area contributed by atoms with Gasteiger partial charge in [0.25, 0.3) is 0 Å². The fraction of sp³-hybridized carbons (Fsp3) is 0.250. The molecule has 102 valence electrons. The van der Waals surface area contributed by atoms with Gasteiger partial charge in [0, 0.05) is 17.4 Å². The molecule has 1 aromatic carbocycles. The van der Waals surface area contributed by atoms with Gasteiger partial charge in [0.15, 0.2) is 5.78 Å². The Labute approximate surface area is 117 Å². The molecule has 1 aromatic heterocycles. The lowest BCUT2D eigenvalue weighted by atomic mass is 9.88. The number of nitrogens with two attached hydrogens (primary N) is 1. The summed E-state index contributed by atoms with van der Waals surface area (Å²) in [4.78, 5) is 16.8. The first-order chi connectivity index (χ1) is 9.65. The lowest BCUT2D eigenvalue weighted by molar-refractivity contribution is 0.0945. The standard InChI is InChI=1S/C16H16N2O2/c1-20-14-8-11(9-18-10-14)15(19)16(6-7-16)12-2-4-13(17)5-3-12/h2-5,8-10H,6-7,17H2,1H3. The lowest BCUT2D eigenvalue weighted by Gasteiger charge is -2.15. The second-order valence-electron chi connectivity index (χ2n) is 5.15. The van der Waals surface area contributed by atoms with E-state index in [2.05, 4.69) is 4.98 Å². The lowest BCUT2D eigenvalue weighted by Crippen LogP contribution is -2.20. The van der Waals surface area contributed by atoms with Crippen LogP contribution in [0.4, 0.5) is 5.69 Å². The Balaban J connectivity index is 1.95. The van der Waals surface area contributed by atoms with Crippen molar-refractivity contribution in [3.8, 4) is 5.75 Å². The largest absolute Gasteiger partial charge is 0.495 e. The number of carbonyl (C=O) groups excluding carboxylic acids is 1. The van der Waals surface area contributed by atoms with E-state index >= 15 is 0 Å². The van der Waals surface area contributed by atoms with Gasteiger partial charge in [-0.15, -0.1) is 0 Å². The Bertz CT molecular complexity index is 646. The molecule has 0 atom stereocenters. The minimum absolute atomic E-state index is 0.105. The van der Waals surface area contributed by atoms with E-state index in [-0.39, 0.29) is 5.78 Å². The van der Waals surface area contributed by atoms with Crippen molar-refractivity contribution in [1.29, 1.82) is 0 Å². The molecule has 0 spiro atoms. The number of nitrogens with zero attached hydrogens (tertiary/aromatic N) is 1. The predicted molar refractivity (Wildman–Crippen MR) is 76.9 cm³/mol. The highest BCUT2D eigenvalue weighted by Gasteiger charge is 2.51. The van der Waals surface area contributed by atoms with Gasteiger partial charge in [0.05, 0.1) is 18.7 Å². The zero-order valence-corrected chi connectivity index (χ0v) is 11.3. The highest BCUT2D eigenvalue weighted by molar-refractivity contribution is 6.06. The van der Waals surface area contributed by atoms with E-state index in [4.69, 9.17) is 10.5 Å². The summed E-state index contributed by atoms with van der Waals surface area (Å²) >= 11 is 0. The molecule has 1 aliphatic carbocycles. The third-order valence-corrected chi connectivity index (χ3v) is 3.86. The van der Waals surface area contributed by atoms with Crippen molar-refractivity contribution in [2.24, 2.45) is 0 Å². The second kappa shape index (κ2) is 4.63. The van der Waals surface area contributed by atoms with Crippen molar-refractivity contribution in [2.45, 2.75) is 18.3 Å². The number of hydrogen-bond donors (Lipinski definition) is 1. The summed E-state index contributed by atoms with van der Waals surface area (Å²) in [6.07, 6.45) is 4.93. The molecule has 0 saturated heterocycles. The molecule has 3 rings (SSSR count). The van der Waals surface area contributed by atoms with E-state index in [1.807, 2.05) is 24.3 Å². The number of ketones is 1. The van der Waals surface area contributed by atoms with E-state index in [1.165, 1.54) is 0 Å². The number of carbonyl (C=O) groups is 1. The molecule has 1 fully saturated rings. The number of anilines is 1. The average molecular weight is 268 g/mol. The third kappa shape index (κ3) is 2.03. The summed E-state index contributed by atoms with van der Waals surface area (Å²) in [7, 11) is 1.57. The van der Waals surface area contributed by atoms with Gasteiger partial charge in [-0.3, -0.25) is 9.78 Å². The number of Topliss-reactive ketones (excluding diaryl/α,β-unsaturated/α-hetero) is 1. The summed E-state index contributed by atoms with van der Waals surface area (Å²) in [5.74, 6) is 0.706. The van der Waals surface area contributed by atoms with E-state index < -0.39 is 5.41 Å². The van der Waals surface area contributed by atoms with Crippen LogP contribution in [-0.4, -0.2) is 17.9 Å². The number of methoxy groups -OCH3 is 1. The minimum atomic E-state index is -0.401. The van der Waals surface area contributed by atoms with Gasteiger partial charge in [-0.05, 0) is 36.6 Å². The van der Waals surface area contributed by atoms with Crippen LogP contribution >= 0.6 is 0 Å². The maximum atomic E-state index is 12.8. The van der Waals surface area contributed by atoms with Crippen LogP contribution in [0.1, 0.15) is 28.8 Å². The van der Waals surface area contributed by atoms with Crippen LogP contribution < -0.4 is 10.5 Å². The molecule has 1 saturated carbocycles. The summed E-state index contributed by atoms with van der Waals surface area (Å²) in [5.41, 5.74) is 7.63. The van der Waals surface area contributed by atoms with Crippen LogP contribution in [0.25, 0.3) is 0 Å². The number of ether oxygens (including phenoxy) is 1. The summed E-state index contributed by atoms with van der Waals surface area (Å²) < 4.78 is 5.13. The SMILES string of the molecule is COc1cncc(C(=O)C2(c3ccc(N)cc3)CC2)c1. The minimum Gasteiger partial charge on any atom is -0.495 e. The average Bonchev–Trinajstić information content (AvgIpc) is 3.29. The van der Waals surface area contributed by atoms with Gasteiger partial charge in [-0.1, -0.05) is 12.1 Å². The normalized spacial score (nSPS) is 15.7. The zero-order chi connectivity index (χ0) is 14.2. The summed E-state index contributed by atoms with van der Waals surface area (Å²) in [6, 6.07) is 9.30. The maximum Gasteiger partial charge on any atom is 0.175 e. The number of rotatable bonds is 4. The van der Waals surface area contributed by atoms with Gasteiger partial charge in [-0.2, -0.15) is 0 Å². The molecule has 0 unspecified atom stereocenters. The first-order valence-electron chi connectivity index (χ1n) is 6.55. The van der Waals surface area contributed by atoms with E-state index in [1.54, 1.807) is 25.6 Å². The Morgan fingerprint density at radius 2 is 1.95 bits per heavy atom. The summed E-state index contributed by atoms with van der Waals surface area (Å²) in [5, 5.41) is 0. The molecule has 4 nitrogen and oxygen atoms in total. The monoisotopic (exact) mass is 268 g/mol. The van der Waals surface area contributed by atoms with Crippen LogP contribution in [0, 0.1) is 0 Å². The van der Waals surface area contributed by atoms with Crippen molar-refractivity contribution < 1.29 is 9.53 Å². The van der Waals surface area contributed by atoms with Crippen molar-refractivity contribution >= 4 is 11.5 Å². The molecule has 0 aliphatic heterocycles. The van der Waals surface area contributed by atoms with E-state index in [9.17, 15) is 4.79 Å². The maximum absolute atomic E-state index is 12.8. The van der Waals surface area contributed by atoms with Crippen molar-refractivity contribution in [3.05, 3.63) is 53.9 Å². The Kier molecular flexibility index (Phi) is 2.93. The first kappa shape index (κ1) is 12.7. The third-order valence-electron chi connectivity index (χ3n) is 3.86. The molecular weight excluding hydrogens is 252 g/mol. The fourth-order valence-corrected chi connectivity index (χ4v) is 2.50. The molecule has 0 amide bonds. The number of benzene rings is 1. The highest BCUT2D eigenvalue weighted by atomic mass is 16.5. The van der Waals surface area contributed by atoms with Gasteiger partial charge in [-0.25, -0.2) is 0 Å². The van der Waals surface area contributed by atoms with Gasteiger partial charge < -0.3 is 10.5 Å². The highest BCUT2D eigenvalue weighted by Crippen LogP contribution is 2.50. The van der Waals surface area contributed by atoms with Crippen LogP contribution in [-0.2, 0) is 5.41 Å². The molecule has 1 heterocycles. The smallest absolute Gasteiger partial charge is 0.175 e. The zero-order valence-electron chi connectivity index (χ0n) is 11.3. The predicted octanol–water partition coefficient (Wildman–Crippen LogP) is 2.59. The van der Waals surface area contributed by atoms with Crippen molar-refractivity contribution in [1.82, 2.24) is 4.98 Å². The van der Waals surface area contributed by atoms with Crippen LogP contribution in [0.3, 0.4) is 0 Å². The van der Waals surface area contributed by atoms with Crippen molar-refractivity contribution in [3.63, 3.8) is 0 Å². The number of hydrogen-bond acceptors (Lipinski definition) is 4. The van der Waals surface area contributed by atoms with Crippen molar-refractivity contribution in [2.75, 3.05) is 12.8 Å². The molecule has 2 aromatic rings. The molecule has 1 aliphatic rings. The Hall–Kier alpha value is -2.36. The van der Waals surface area contributed by atoms with Crippen LogP contribution in [0.5, 0.6) is 5.75 Å². The second-order valence-corrected chi connectivity index (χ2v) is 5.15. The van der Waals surface area contributed by atoms with E-state index in [0.717, 1.165) is 18.4 Å². The summed E-state index contributed by atoms with van der Waals surface area (Å²) in [6.45, 7) is 0. The van der Waals surface area contributed by atoms with Gasteiger partial charge >= 0.3 is 0 Å². The first-order valence-corrected chi connectivity index (χ1v) is 6.55. The molecule has 20 heavy (non-hydrogen) atoms. The number of nitrogen functional groups attached to an aromatic ring is 1. The molecule has 0 bridgehead atoms. The Morgan fingerprint density at radius 1 is 1.25 bits per heavy atom. The fourth-order valence-electron chi connectivity index (χ4n) is 2.50. The van der Waals surface area contributed by atoms with Gasteiger partial charge in [0.2, 0.25) is 0 Å². The number of aromatic nitrogens is 1. The van der Waals surface area contributed by atoms with Crippen LogP contribution in [0.15, 0.2) is 42.7 Å². The molecular formula is C16H16N2O2. The topological polar surface area (TPSA) is 65.2 Å². The van der Waals surface area contributed by atoms with Gasteiger partial charge in [0.1, 0.15) is 5.75 Å². The molecule has 0 radical (unpaired) electrons. The number of pyridine rings is 1. The van der Waals surface area contributed by atoms with Crippen LogP contribution in [0.2, 0.25) is 0 Å². The Morgan fingerprint density at radius 3 is 2.55 bits per heavy atom.